The van der Waals surface area contributed by atoms with E-state index >= 15 is 0 Å². The second kappa shape index (κ2) is 6.75. The lowest BCUT2D eigenvalue weighted by molar-refractivity contribution is 0.959. The van der Waals surface area contributed by atoms with E-state index in [2.05, 4.69) is 58.6 Å². The van der Waals surface area contributed by atoms with Gasteiger partial charge in [-0.1, -0.05) is 24.3 Å². The third-order valence-corrected chi connectivity index (χ3v) is 6.10. The van der Waals surface area contributed by atoms with Crippen molar-refractivity contribution in [2.45, 2.75) is 17.9 Å². The van der Waals surface area contributed by atoms with E-state index < -0.39 is 0 Å². The molecule has 0 aliphatic carbocycles. The number of hydrogen-bond acceptors (Lipinski definition) is 3. The third-order valence-electron chi connectivity index (χ3n) is 2.82. The molecule has 96 valence electrons. The van der Waals surface area contributed by atoms with E-state index in [4.69, 9.17) is 5.73 Å². The average molecular weight is 342 g/mol. The molecule has 0 saturated heterocycles. The Hall–Kier alpha value is -0.290. The molecule has 1 unspecified atom stereocenters. The first-order valence-electron chi connectivity index (χ1n) is 5.81. The number of thiophene rings is 1. The fraction of sp³-hybridized carbons (Fsp3) is 0.286. The van der Waals surface area contributed by atoms with Gasteiger partial charge < -0.3 is 5.73 Å². The predicted octanol–water partition coefficient (Wildman–Crippen LogP) is 4.75. The molecule has 18 heavy (non-hydrogen) atoms. The van der Waals surface area contributed by atoms with Gasteiger partial charge in [-0.3, -0.25) is 0 Å². The number of thioether (sulfide) groups is 1. The van der Waals surface area contributed by atoms with Crippen LogP contribution in [0.2, 0.25) is 0 Å². The van der Waals surface area contributed by atoms with Gasteiger partial charge in [0.1, 0.15) is 0 Å². The molecule has 1 aromatic carbocycles. The van der Waals surface area contributed by atoms with Crippen LogP contribution in [0.25, 0.3) is 0 Å². The molecule has 1 heterocycles. The van der Waals surface area contributed by atoms with Gasteiger partial charge in [-0.25, -0.2) is 0 Å². The molecule has 1 aromatic heterocycles. The second-order valence-electron chi connectivity index (χ2n) is 4.13. The summed E-state index contributed by atoms with van der Waals surface area (Å²) in [4.78, 5) is 1.35. The molecule has 0 amide bonds. The fourth-order valence-corrected chi connectivity index (χ4v) is 4.61. The highest BCUT2D eigenvalue weighted by Gasteiger charge is 2.13. The summed E-state index contributed by atoms with van der Waals surface area (Å²) >= 11 is 7.19. The average Bonchev–Trinajstić information content (AvgIpc) is 2.79. The monoisotopic (exact) mass is 341 g/mol. The molecule has 0 radical (unpaired) electrons. The molecule has 0 aliphatic rings. The van der Waals surface area contributed by atoms with Crippen LogP contribution in [-0.2, 0) is 5.75 Å². The summed E-state index contributed by atoms with van der Waals surface area (Å²) in [6, 6.07) is 10.7. The minimum Gasteiger partial charge on any atom is -0.329 e. The highest BCUT2D eigenvalue weighted by molar-refractivity contribution is 9.10. The van der Waals surface area contributed by atoms with Crippen LogP contribution in [0.4, 0.5) is 0 Å². The molecule has 0 spiro atoms. The summed E-state index contributed by atoms with van der Waals surface area (Å²) < 4.78 is 1.15. The van der Waals surface area contributed by atoms with Crippen molar-refractivity contribution in [2.75, 3.05) is 6.54 Å². The largest absolute Gasteiger partial charge is 0.329 e. The van der Waals surface area contributed by atoms with Gasteiger partial charge in [0.2, 0.25) is 0 Å². The van der Waals surface area contributed by atoms with Crippen LogP contribution in [0.1, 0.15) is 21.3 Å². The van der Waals surface area contributed by atoms with E-state index in [1.165, 1.54) is 16.0 Å². The molecule has 2 rings (SSSR count). The van der Waals surface area contributed by atoms with Crippen molar-refractivity contribution in [1.82, 2.24) is 0 Å². The quantitative estimate of drug-likeness (QED) is 0.848. The molecule has 0 saturated carbocycles. The number of aryl methyl sites for hydroxylation is 1. The minimum absolute atomic E-state index is 0.390. The Morgan fingerprint density at radius 3 is 2.78 bits per heavy atom. The van der Waals surface area contributed by atoms with Gasteiger partial charge in [-0.2, -0.15) is 0 Å². The van der Waals surface area contributed by atoms with Gasteiger partial charge in [-0.05, 0) is 40.0 Å². The molecule has 0 fully saturated rings. The van der Waals surface area contributed by atoms with Gasteiger partial charge in [0, 0.05) is 27.0 Å². The van der Waals surface area contributed by atoms with Gasteiger partial charge in [0.05, 0.1) is 5.25 Å². The van der Waals surface area contributed by atoms with Crippen LogP contribution in [0.15, 0.2) is 40.2 Å². The zero-order valence-corrected chi connectivity index (χ0v) is 13.4. The van der Waals surface area contributed by atoms with Gasteiger partial charge >= 0.3 is 0 Å². The molecular formula is C14H16BrNS2. The standard InChI is InChI=1S/C14H16BrNS2/c1-10-4-2-3-5-11(10)8-17-14(7-16)13-6-12(15)9-18-13/h2-6,9,14H,7-8,16H2,1H3. The first-order chi connectivity index (χ1) is 8.70. The molecule has 0 bridgehead atoms. The lowest BCUT2D eigenvalue weighted by Crippen LogP contribution is -2.08. The maximum absolute atomic E-state index is 5.89. The van der Waals surface area contributed by atoms with Crippen LogP contribution in [0.5, 0.6) is 0 Å². The van der Waals surface area contributed by atoms with Gasteiger partial charge in [0.25, 0.3) is 0 Å². The number of halogens is 1. The Bertz CT molecular complexity index is 510. The number of rotatable bonds is 5. The van der Waals surface area contributed by atoms with Crippen molar-refractivity contribution in [1.29, 1.82) is 0 Å². The van der Waals surface area contributed by atoms with Gasteiger partial charge in [0.15, 0.2) is 0 Å². The maximum atomic E-state index is 5.89. The van der Waals surface area contributed by atoms with Crippen LogP contribution in [0, 0.1) is 6.92 Å². The number of nitrogens with two attached hydrogens (primary N) is 1. The summed E-state index contributed by atoms with van der Waals surface area (Å²) in [6.07, 6.45) is 0. The molecule has 4 heteroatoms. The van der Waals surface area contributed by atoms with E-state index in [1.54, 1.807) is 11.3 Å². The van der Waals surface area contributed by atoms with Crippen molar-refractivity contribution in [2.24, 2.45) is 5.73 Å². The lowest BCUT2D eigenvalue weighted by atomic mass is 10.1. The summed E-state index contributed by atoms with van der Waals surface area (Å²) in [5.41, 5.74) is 8.64. The SMILES string of the molecule is Cc1ccccc1CSC(CN)c1cc(Br)cs1. The molecule has 2 N–H and O–H groups in total. The number of hydrogen-bond donors (Lipinski definition) is 1. The van der Waals surface area contributed by atoms with Crippen LogP contribution < -0.4 is 5.73 Å². The van der Waals surface area contributed by atoms with E-state index in [9.17, 15) is 0 Å². The molecule has 0 aliphatic heterocycles. The van der Waals surface area contributed by atoms with Crippen LogP contribution in [0.3, 0.4) is 0 Å². The normalized spacial score (nSPS) is 12.6. The zero-order chi connectivity index (χ0) is 13.0. The summed E-state index contributed by atoms with van der Waals surface area (Å²) in [5.74, 6) is 1.02. The fourth-order valence-electron chi connectivity index (χ4n) is 1.73. The van der Waals surface area contributed by atoms with Gasteiger partial charge in [-0.15, -0.1) is 23.1 Å². The Labute approximate surface area is 125 Å². The minimum atomic E-state index is 0.390. The predicted molar refractivity (Wildman–Crippen MR) is 86.3 cm³/mol. The Balaban J connectivity index is 2.02. The first-order valence-corrected chi connectivity index (χ1v) is 8.53. The topological polar surface area (TPSA) is 26.0 Å². The second-order valence-corrected chi connectivity index (χ2v) is 7.18. The van der Waals surface area contributed by atoms with Crippen molar-refractivity contribution >= 4 is 39.0 Å². The van der Waals surface area contributed by atoms with E-state index in [0.29, 0.717) is 11.8 Å². The summed E-state index contributed by atoms with van der Waals surface area (Å²) in [7, 11) is 0. The molecule has 2 aromatic rings. The van der Waals surface area contributed by atoms with Crippen LogP contribution in [-0.4, -0.2) is 6.54 Å². The smallest absolute Gasteiger partial charge is 0.0517 e. The first kappa shape index (κ1) is 14.1. The number of benzene rings is 1. The van der Waals surface area contributed by atoms with Crippen molar-refractivity contribution in [3.63, 3.8) is 0 Å². The van der Waals surface area contributed by atoms with E-state index in [0.717, 1.165) is 10.2 Å². The Morgan fingerprint density at radius 2 is 2.17 bits per heavy atom. The Kier molecular flexibility index (Phi) is 5.30. The lowest BCUT2D eigenvalue weighted by Gasteiger charge is -2.13. The zero-order valence-electron chi connectivity index (χ0n) is 10.2. The van der Waals surface area contributed by atoms with E-state index in [-0.39, 0.29) is 0 Å². The van der Waals surface area contributed by atoms with Crippen molar-refractivity contribution in [3.8, 4) is 0 Å². The molecule has 1 atom stereocenters. The highest BCUT2D eigenvalue weighted by Crippen LogP contribution is 2.36. The highest BCUT2D eigenvalue weighted by atomic mass is 79.9. The van der Waals surface area contributed by atoms with Crippen molar-refractivity contribution in [3.05, 3.63) is 56.2 Å². The van der Waals surface area contributed by atoms with Crippen molar-refractivity contribution < 1.29 is 0 Å². The van der Waals surface area contributed by atoms with E-state index in [1.807, 2.05) is 11.8 Å². The summed E-state index contributed by atoms with van der Waals surface area (Å²) in [6.45, 7) is 2.85. The Morgan fingerprint density at radius 1 is 1.39 bits per heavy atom. The maximum Gasteiger partial charge on any atom is 0.0517 e. The molecule has 1 nitrogen and oxygen atoms in total. The van der Waals surface area contributed by atoms with Crippen LogP contribution >= 0.6 is 39.0 Å². The molecular weight excluding hydrogens is 326 g/mol. The summed E-state index contributed by atoms with van der Waals surface area (Å²) in [5, 5.41) is 2.51. The third kappa shape index (κ3) is 3.60.